The average molecular weight is 490 g/mol. The summed E-state index contributed by atoms with van der Waals surface area (Å²) in [5.74, 6) is 0.741. The van der Waals surface area contributed by atoms with Gasteiger partial charge in [0.2, 0.25) is 5.91 Å². The number of thioether (sulfide) groups is 1. The van der Waals surface area contributed by atoms with Crippen LogP contribution in [0.5, 0.6) is 11.5 Å². The molecule has 0 atom stereocenters. The number of carbonyl (C=O) groups excluding carboxylic acids is 2. The van der Waals surface area contributed by atoms with Crippen LogP contribution >= 0.6 is 23.4 Å². The van der Waals surface area contributed by atoms with Crippen molar-refractivity contribution in [2.45, 2.75) is 18.6 Å². The van der Waals surface area contributed by atoms with Crippen LogP contribution in [0.25, 0.3) is 5.69 Å². The Balaban J connectivity index is 1.52. The highest BCUT2D eigenvalue weighted by atomic mass is 35.5. The summed E-state index contributed by atoms with van der Waals surface area (Å²) < 4.78 is 12.6. The van der Waals surface area contributed by atoms with Gasteiger partial charge >= 0.3 is 0 Å². The van der Waals surface area contributed by atoms with E-state index in [2.05, 4.69) is 20.8 Å². The van der Waals surface area contributed by atoms with E-state index in [4.69, 9.17) is 21.1 Å². The fourth-order valence-electron chi connectivity index (χ4n) is 2.84. The summed E-state index contributed by atoms with van der Waals surface area (Å²) in [4.78, 5) is 23.9. The molecule has 2 amide bonds. The number of hydrogen-bond donors (Lipinski definition) is 2. The second-order valence-electron chi connectivity index (χ2n) is 6.76. The van der Waals surface area contributed by atoms with Crippen molar-refractivity contribution in [1.82, 2.24) is 25.4 Å². The minimum absolute atomic E-state index is 0.0999. The van der Waals surface area contributed by atoms with Gasteiger partial charge in [-0.25, -0.2) is 0 Å². The zero-order valence-electron chi connectivity index (χ0n) is 18.2. The van der Waals surface area contributed by atoms with Crippen molar-refractivity contribution in [3.8, 4) is 17.2 Å². The highest BCUT2D eigenvalue weighted by molar-refractivity contribution is 7.99. The van der Waals surface area contributed by atoms with Gasteiger partial charge in [0.25, 0.3) is 5.91 Å². The van der Waals surface area contributed by atoms with Crippen molar-refractivity contribution < 1.29 is 19.1 Å². The van der Waals surface area contributed by atoms with Crippen LogP contribution in [-0.2, 0) is 16.1 Å². The van der Waals surface area contributed by atoms with Gasteiger partial charge in [-0.3, -0.25) is 14.2 Å². The number of halogens is 1. The van der Waals surface area contributed by atoms with Crippen LogP contribution in [0.3, 0.4) is 0 Å². The Bertz CT molecular complexity index is 1110. The van der Waals surface area contributed by atoms with Gasteiger partial charge in [0.15, 0.2) is 23.3 Å². The quantitative estimate of drug-likeness (QED) is 0.399. The van der Waals surface area contributed by atoms with E-state index in [0.29, 0.717) is 34.8 Å². The van der Waals surface area contributed by atoms with Crippen molar-refractivity contribution in [2.75, 3.05) is 26.0 Å². The van der Waals surface area contributed by atoms with E-state index in [0.717, 1.165) is 11.3 Å². The monoisotopic (exact) mass is 489 g/mol. The second kappa shape index (κ2) is 12.1. The molecule has 2 N–H and O–H groups in total. The summed E-state index contributed by atoms with van der Waals surface area (Å²) in [5.41, 5.74) is 1.65. The van der Waals surface area contributed by atoms with E-state index in [1.54, 1.807) is 41.2 Å². The molecule has 9 nitrogen and oxygen atoms in total. The maximum atomic E-state index is 12.4. The van der Waals surface area contributed by atoms with E-state index in [9.17, 15) is 9.59 Å². The van der Waals surface area contributed by atoms with E-state index >= 15 is 0 Å². The number of benzene rings is 2. The molecule has 0 saturated heterocycles. The average Bonchev–Trinajstić information content (AvgIpc) is 3.29. The van der Waals surface area contributed by atoms with Gasteiger partial charge in [0.05, 0.1) is 18.6 Å². The molecule has 0 unspecified atom stereocenters. The van der Waals surface area contributed by atoms with Crippen molar-refractivity contribution in [2.24, 2.45) is 0 Å². The smallest absolute Gasteiger partial charge is 0.257 e. The molecular formula is C22H24ClN5O4S. The highest BCUT2D eigenvalue weighted by Gasteiger charge is 2.12. The third-order valence-corrected chi connectivity index (χ3v) is 5.56. The Morgan fingerprint density at radius 2 is 1.97 bits per heavy atom. The molecule has 33 heavy (non-hydrogen) atoms. The van der Waals surface area contributed by atoms with Crippen molar-refractivity contribution in [3.63, 3.8) is 0 Å². The Hall–Kier alpha value is -3.24. The maximum absolute atomic E-state index is 12.4. The van der Waals surface area contributed by atoms with Gasteiger partial charge in [0.1, 0.15) is 6.33 Å². The number of methoxy groups -OCH3 is 1. The van der Waals surface area contributed by atoms with Gasteiger partial charge < -0.3 is 20.1 Å². The Labute approximate surface area is 200 Å². The number of amides is 2. The van der Waals surface area contributed by atoms with Crippen LogP contribution in [-0.4, -0.2) is 52.6 Å². The van der Waals surface area contributed by atoms with Crippen LogP contribution in [0, 0.1) is 0 Å². The van der Waals surface area contributed by atoms with Gasteiger partial charge in [-0.15, -0.1) is 10.2 Å². The molecule has 0 aliphatic heterocycles. The summed E-state index contributed by atoms with van der Waals surface area (Å²) in [6.45, 7) is 2.59. The lowest BCUT2D eigenvalue weighted by Gasteiger charge is -2.12. The van der Waals surface area contributed by atoms with Crippen molar-refractivity contribution >= 4 is 35.2 Å². The molecule has 11 heteroatoms. The summed E-state index contributed by atoms with van der Waals surface area (Å²) in [6.07, 6.45) is 1.58. The third kappa shape index (κ3) is 7.13. The number of nitrogens with one attached hydrogen (secondary N) is 2. The number of ether oxygens (including phenoxy) is 2. The minimum atomic E-state index is -0.209. The first kappa shape index (κ1) is 24.4. The van der Waals surface area contributed by atoms with Crippen LogP contribution in [0.1, 0.15) is 12.5 Å². The molecule has 0 aliphatic rings. The zero-order chi connectivity index (χ0) is 23.6. The lowest BCUT2D eigenvalue weighted by Crippen LogP contribution is -2.28. The first-order valence-corrected chi connectivity index (χ1v) is 11.5. The lowest BCUT2D eigenvalue weighted by atomic mass is 10.2. The highest BCUT2D eigenvalue weighted by Crippen LogP contribution is 2.28. The van der Waals surface area contributed by atoms with E-state index < -0.39 is 0 Å². The molecule has 2 aromatic carbocycles. The fraction of sp³-hybridized carbons (Fsp3) is 0.273. The second-order valence-corrected chi connectivity index (χ2v) is 8.14. The molecular weight excluding hydrogens is 466 g/mol. The molecule has 1 aromatic heterocycles. The van der Waals surface area contributed by atoms with Gasteiger partial charge in [0, 0.05) is 18.1 Å². The molecule has 0 aliphatic carbocycles. The molecule has 0 fully saturated rings. The van der Waals surface area contributed by atoms with E-state index in [1.807, 2.05) is 19.1 Å². The van der Waals surface area contributed by atoms with Gasteiger partial charge in [-0.1, -0.05) is 35.5 Å². The number of rotatable bonds is 11. The van der Waals surface area contributed by atoms with Crippen LogP contribution < -0.4 is 20.1 Å². The summed E-state index contributed by atoms with van der Waals surface area (Å²) in [6, 6.07) is 12.6. The molecule has 3 aromatic rings. The minimum Gasteiger partial charge on any atom is -0.493 e. The lowest BCUT2D eigenvalue weighted by molar-refractivity contribution is -0.123. The van der Waals surface area contributed by atoms with Crippen LogP contribution in [0.2, 0.25) is 5.02 Å². The van der Waals surface area contributed by atoms with E-state index in [1.165, 1.54) is 18.9 Å². The Morgan fingerprint density at radius 3 is 2.73 bits per heavy atom. The van der Waals surface area contributed by atoms with Crippen molar-refractivity contribution in [3.05, 3.63) is 59.4 Å². The summed E-state index contributed by atoms with van der Waals surface area (Å²) in [5, 5.41) is 14.7. The molecule has 0 saturated carbocycles. The standard InChI is InChI=1S/C22H24ClN5O4S/c1-3-24-20(29)12-32-18-8-7-15(9-19(18)31-2)11-25-21(30)13-33-22-27-26-14-28(22)17-6-4-5-16(23)10-17/h4-10,14H,3,11-13H2,1-2H3,(H,24,29)(H,25,30). The fourth-order valence-corrected chi connectivity index (χ4v) is 3.78. The first-order valence-electron chi connectivity index (χ1n) is 10.1. The maximum Gasteiger partial charge on any atom is 0.257 e. The summed E-state index contributed by atoms with van der Waals surface area (Å²) in [7, 11) is 1.52. The predicted molar refractivity (Wildman–Crippen MR) is 126 cm³/mol. The number of nitrogens with zero attached hydrogens (tertiary/aromatic N) is 3. The molecule has 3 rings (SSSR count). The third-order valence-electron chi connectivity index (χ3n) is 4.39. The van der Waals surface area contributed by atoms with Gasteiger partial charge in [-0.05, 0) is 42.8 Å². The van der Waals surface area contributed by atoms with E-state index in [-0.39, 0.29) is 24.2 Å². The van der Waals surface area contributed by atoms with Gasteiger partial charge in [-0.2, -0.15) is 0 Å². The van der Waals surface area contributed by atoms with Crippen molar-refractivity contribution in [1.29, 1.82) is 0 Å². The molecule has 174 valence electrons. The Morgan fingerprint density at radius 1 is 1.12 bits per heavy atom. The molecule has 0 radical (unpaired) electrons. The summed E-state index contributed by atoms with van der Waals surface area (Å²) >= 11 is 7.33. The van der Waals surface area contributed by atoms with Crippen LogP contribution in [0.4, 0.5) is 0 Å². The SMILES string of the molecule is CCNC(=O)COc1ccc(CNC(=O)CSc2nncn2-c2cccc(Cl)c2)cc1OC. The number of hydrogen-bond acceptors (Lipinski definition) is 7. The predicted octanol–water partition coefficient (Wildman–Crippen LogP) is 2.85. The topological polar surface area (TPSA) is 107 Å². The zero-order valence-corrected chi connectivity index (χ0v) is 19.8. The number of carbonyl (C=O) groups is 2. The molecule has 0 spiro atoms. The number of likely N-dealkylation sites (N-methyl/N-ethyl adjacent to an activating group) is 1. The molecule has 1 heterocycles. The number of aromatic nitrogens is 3. The first-order chi connectivity index (χ1) is 16.0. The largest absolute Gasteiger partial charge is 0.493 e. The normalized spacial score (nSPS) is 10.5. The Kier molecular flexibility index (Phi) is 8.96. The molecule has 0 bridgehead atoms. The van der Waals surface area contributed by atoms with Crippen LogP contribution in [0.15, 0.2) is 53.9 Å².